The van der Waals surface area contributed by atoms with Gasteiger partial charge in [-0.25, -0.2) is 0 Å². The molecule has 6 atom stereocenters. The third kappa shape index (κ3) is 1.75. The van der Waals surface area contributed by atoms with Crippen LogP contribution in [0.25, 0.3) is 0 Å². The van der Waals surface area contributed by atoms with Gasteiger partial charge < -0.3 is 10.4 Å². The fourth-order valence-corrected chi connectivity index (χ4v) is 5.47. The first kappa shape index (κ1) is 11.7. The van der Waals surface area contributed by atoms with Crippen molar-refractivity contribution < 1.29 is 5.11 Å². The molecule has 1 saturated carbocycles. The fourth-order valence-electron chi connectivity index (χ4n) is 5.47. The van der Waals surface area contributed by atoms with Gasteiger partial charge in [0, 0.05) is 18.6 Å². The number of hydrogen-bond donors (Lipinski definition) is 2. The van der Waals surface area contributed by atoms with Gasteiger partial charge in [-0.2, -0.15) is 0 Å². The average Bonchev–Trinajstić information content (AvgIpc) is 2.39. The maximum atomic E-state index is 10.4. The lowest BCUT2D eigenvalue weighted by molar-refractivity contribution is -0.0945. The lowest BCUT2D eigenvalue weighted by Crippen LogP contribution is -2.63. The summed E-state index contributed by atoms with van der Waals surface area (Å²) in [6.07, 6.45) is 7.70. The van der Waals surface area contributed by atoms with Crippen molar-refractivity contribution >= 4 is 0 Å². The van der Waals surface area contributed by atoms with Gasteiger partial charge in [-0.3, -0.25) is 4.90 Å². The first-order chi connectivity index (χ1) is 8.83. The van der Waals surface area contributed by atoms with Crippen LogP contribution in [0.4, 0.5) is 0 Å². The second kappa shape index (κ2) is 4.46. The van der Waals surface area contributed by atoms with E-state index in [0.29, 0.717) is 6.04 Å². The molecule has 3 nitrogen and oxygen atoms in total. The van der Waals surface area contributed by atoms with Crippen LogP contribution in [0.15, 0.2) is 0 Å². The summed E-state index contributed by atoms with van der Waals surface area (Å²) in [6, 6.07) is 1.25. The van der Waals surface area contributed by atoms with Crippen LogP contribution in [0, 0.1) is 17.8 Å². The number of fused-ring (bicyclic) bond motifs is 6. The van der Waals surface area contributed by atoms with Crippen LogP contribution in [0.5, 0.6) is 0 Å². The largest absolute Gasteiger partial charge is 0.391 e. The summed E-state index contributed by atoms with van der Waals surface area (Å²) in [5, 5.41) is 14.1. The van der Waals surface area contributed by atoms with E-state index >= 15 is 0 Å². The van der Waals surface area contributed by atoms with Gasteiger partial charge >= 0.3 is 0 Å². The van der Waals surface area contributed by atoms with Crippen molar-refractivity contribution in [1.29, 1.82) is 0 Å². The van der Waals surface area contributed by atoms with Crippen molar-refractivity contribution in [1.82, 2.24) is 10.2 Å². The van der Waals surface area contributed by atoms with Gasteiger partial charge in [-0.15, -0.1) is 0 Å². The van der Waals surface area contributed by atoms with E-state index < -0.39 is 0 Å². The van der Waals surface area contributed by atoms with Crippen LogP contribution in [0.1, 0.15) is 38.5 Å². The smallest absolute Gasteiger partial charge is 0.0698 e. The van der Waals surface area contributed by atoms with Crippen molar-refractivity contribution in [3.8, 4) is 0 Å². The first-order valence-corrected chi connectivity index (χ1v) is 7.98. The summed E-state index contributed by atoms with van der Waals surface area (Å²) < 4.78 is 0. The second-order valence-electron chi connectivity index (χ2n) is 7.05. The predicted molar refractivity (Wildman–Crippen MR) is 71.3 cm³/mol. The van der Waals surface area contributed by atoms with Gasteiger partial charge in [0.2, 0.25) is 0 Å². The van der Waals surface area contributed by atoms with Crippen LogP contribution in [0.3, 0.4) is 0 Å². The van der Waals surface area contributed by atoms with Gasteiger partial charge in [0.25, 0.3) is 0 Å². The Hall–Kier alpha value is -0.120. The van der Waals surface area contributed by atoms with Crippen LogP contribution < -0.4 is 5.32 Å². The van der Waals surface area contributed by atoms with Crippen molar-refractivity contribution in [3.63, 3.8) is 0 Å². The average molecular weight is 250 g/mol. The molecule has 0 aromatic heterocycles. The summed E-state index contributed by atoms with van der Waals surface area (Å²) in [6.45, 7) is 3.72. The summed E-state index contributed by atoms with van der Waals surface area (Å²) >= 11 is 0. The molecule has 2 bridgehead atoms. The number of nitrogens with zero attached hydrogens (tertiary/aromatic N) is 1. The Labute approximate surface area is 110 Å². The topological polar surface area (TPSA) is 35.5 Å². The number of aliphatic hydroxyl groups excluding tert-OH is 1. The van der Waals surface area contributed by atoms with E-state index in [0.717, 1.165) is 30.2 Å². The molecule has 2 N–H and O–H groups in total. The quantitative estimate of drug-likeness (QED) is 0.678. The molecule has 0 spiro atoms. The van der Waals surface area contributed by atoms with E-state index in [9.17, 15) is 5.11 Å². The van der Waals surface area contributed by atoms with Crippen LogP contribution >= 0.6 is 0 Å². The zero-order chi connectivity index (χ0) is 12.1. The SMILES string of the molecule is OC1CCCN2CC3CC(CC4NCCCC34)C12. The van der Waals surface area contributed by atoms with Crippen LogP contribution in [-0.4, -0.2) is 47.8 Å². The molecule has 3 aliphatic heterocycles. The van der Waals surface area contributed by atoms with Gasteiger partial charge in [0.05, 0.1) is 6.10 Å². The van der Waals surface area contributed by atoms with Crippen molar-refractivity contribution in [3.05, 3.63) is 0 Å². The van der Waals surface area contributed by atoms with E-state index in [4.69, 9.17) is 0 Å². The van der Waals surface area contributed by atoms with Gasteiger partial charge in [-0.05, 0) is 69.4 Å². The molecule has 0 radical (unpaired) electrons. The summed E-state index contributed by atoms with van der Waals surface area (Å²) in [5.41, 5.74) is 0. The third-order valence-electron chi connectivity index (χ3n) is 6.12. The molecule has 0 amide bonds. The molecule has 3 heterocycles. The Morgan fingerprint density at radius 1 is 1.06 bits per heavy atom. The molecular formula is C15H26N2O. The zero-order valence-electron chi connectivity index (χ0n) is 11.2. The van der Waals surface area contributed by atoms with E-state index in [1.54, 1.807) is 0 Å². The van der Waals surface area contributed by atoms with E-state index in [-0.39, 0.29) is 6.10 Å². The second-order valence-corrected chi connectivity index (χ2v) is 7.05. The summed E-state index contributed by atoms with van der Waals surface area (Å²) in [4.78, 5) is 2.64. The molecule has 0 aromatic rings. The summed E-state index contributed by atoms with van der Waals surface area (Å²) in [7, 11) is 0. The molecule has 102 valence electrons. The Morgan fingerprint density at radius 2 is 2.00 bits per heavy atom. The standard InChI is InChI=1S/C15H26N2O/c18-14-4-2-6-17-9-11-7-10(15(14)17)8-13-12(11)3-1-5-16-13/h10-16,18H,1-9H2. The highest BCUT2D eigenvalue weighted by Crippen LogP contribution is 2.46. The molecule has 6 unspecified atom stereocenters. The number of nitrogens with one attached hydrogen (secondary N) is 1. The van der Waals surface area contributed by atoms with Crippen molar-refractivity contribution in [2.75, 3.05) is 19.6 Å². The molecular weight excluding hydrogens is 224 g/mol. The monoisotopic (exact) mass is 250 g/mol. The van der Waals surface area contributed by atoms with Gasteiger partial charge in [0.15, 0.2) is 0 Å². The minimum absolute atomic E-state index is 0.0511. The van der Waals surface area contributed by atoms with Gasteiger partial charge in [-0.1, -0.05) is 0 Å². The normalized spacial score (nSPS) is 52.5. The highest BCUT2D eigenvalue weighted by Gasteiger charge is 2.49. The lowest BCUT2D eigenvalue weighted by Gasteiger charge is -2.57. The molecule has 0 aromatic carbocycles. The highest BCUT2D eigenvalue weighted by atomic mass is 16.3. The number of rotatable bonds is 0. The Kier molecular flexibility index (Phi) is 2.90. The predicted octanol–water partition coefficient (Wildman–Crippen LogP) is 1.22. The highest BCUT2D eigenvalue weighted by molar-refractivity contribution is 5.03. The van der Waals surface area contributed by atoms with Crippen molar-refractivity contribution in [2.24, 2.45) is 17.8 Å². The maximum absolute atomic E-state index is 10.4. The number of piperidine rings is 3. The van der Waals surface area contributed by atoms with E-state index in [2.05, 4.69) is 10.2 Å². The number of aliphatic hydroxyl groups is 1. The number of hydrogen-bond acceptors (Lipinski definition) is 3. The fraction of sp³-hybridized carbons (Fsp3) is 1.00. The van der Waals surface area contributed by atoms with Gasteiger partial charge in [0.1, 0.15) is 0 Å². The minimum atomic E-state index is -0.0511. The molecule has 4 aliphatic rings. The Morgan fingerprint density at radius 3 is 2.94 bits per heavy atom. The summed E-state index contributed by atoms with van der Waals surface area (Å²) in [5.74, 6) is 2.59. The molecule has 4 rings (SSSR count). The van der Waals surface area contributed by atoms with Crippen LogP contribution in [0.2, 0.25) is 0 Å². The molecule has 3 saturated heterocycles. The van der Waals surface area contributed by atoms with Crippen molar-refractivity contribution in [2.45, 2.75) is 56.7 Å². The Bertz CT molecular complexity index is 322. The van der Waals surface area contributed by atoms with E-state index in [1.165, 1.54) is 51.7 Å². The molecule has 1 aliphatic carbocycles. The zero-order valence-corrected chi connectivity index (χ0v) is 11.2. The lowest BCUT2D eigenvalue weighted by atomic mass is 9.62. The first-order valence-electron chi connectivity index (χ1n) is 7.98. The molecule has 4 fully saturated rings. The molecule has 18 heavy (non-hydrogen) atoms. The maximum Gasteiger partial charge on any atom is 0.0698 e. The third-order valence-corrected chi connectivity index (χ3v) is 6.12. The minimum Gasteiger partial charge on any atom is -0.391 e. The molecule has 3 heteroatoms. The van der Waals surface area contributed by atoms with E-state index in [1.807, 2.05) is 0 Å². The van der Waals surface area contributed by atoms with Crippen LogP contribution in [-0.2, 0) is 0 Å². The Balaban J connectivity index is 1.58.